The first-order valence-electron chi connectivity index (χ1n) is 5.66. The molecule has 0 aliphatic rings. The van der Waals surface area contributed by atoms with E-state index in [1.54, 1.807) is 0 Å². The van der Waals surface area contributed by atoms with Gasteiger partial charge in [0.2, 0.25) is 0 Å². The first-order chi connectivity index (χ1) is 7.31. The number of aliphatic hydroxyl groups is 2. The van der Waals surface area contributed by atoms with Gasteiger partial charge in [-0.15, -0.1) is 12.7 Å². The maximum atomic E-state index is 7.00. The third kappa shape index (κ3) is 29.3. The summed E-state index contributed by atoms with van der Waals surface area (Å²) in [4.78, 5) is 0. The second-order valence-electron chi connectivity index (χ2n) is 3.20. The van der Waals surface area contributed by atoms with Gasteiger partial charge in [-0.25, -0.2) is 0 Å². The topological polar surface area (TPSA) is 40.5 Å². The fourth-order valence-corrected chi connectivity index (χ4v) is 1.13. The standard InChI is InChI=1S/C11H21.2CH4O.Ti/c1-4-6-7-8-9-10-11(3)5-2;2*1-2;/h5,11H,2-4,6-10H2,1H3;2*2H,1H3;/q-1;;;. The van der Waals surface area contributed by atoms with E-state index in [1.807, 2.05) is 6.08 Å². The summed E-state index contributed by atoms with van der Waals surface area (Å²) in [6.45, 7) is 9.91. The molecule has 0 saturated heterocycles. The van der Waals surface area contributed by atoms with Gasteiger partial charge in [0.25, 0.3) is 0 Å². The second kappa shape index (κ2) is 29.5. The molecule has 0 aromatic rings. The molecule has 0 saturated carbocycles. The smallest absolute Gasteiger partial charge is 0.0319 e. The Hall–Kier alpha value is 0.374. The second-order valence-corrected chi connectivity index (χ2v) is 3.20. The van der Waals surface area contributed by atoms with Crippen LogP contribution >= 0.6 is 0 Å². The zero-order valence-electron chi connectivity index (χ0n) is 11.2. The van der Waals surface area contributed by atoms with E-state index in [1.165, 1.54) is 38.5 Å². The summed E-state index contributed by atoms with van der Waals surface area (Å²) in [5.41, 5.74) is 0. The molecule has 0 heterocycles. The van der Waals surface area contributed by atoms with Gasteiger partial charge in [0.15, 0.2) is 0 Å². The molecule has 0 rings (SSSR count). The van der Waals surface area contributed by atoms with E-state index in [9.17, 15) is 0 Å². The Labute approximate surface area is 117 Å². The van der Waals surface area contributed by atoms with Crippen LogP contribution in [-0.4, -0.2) is 24.4 Å². The van der Waals surface area contributed by atoms with Crippen LogP contribution in [0.15, 0.2) is 12.7 Å². The number of aliphatic hydroxyl groups excluding tert-OH is 2. The number of hydrogen-bond donors (Lipinski definition) is 2. The predicted molar refractivity (Wildman–Crippen MR) is 68.7 cm³/mol. The molecule has 0 fully saturated rings. The minimum atomic E-state index is 0. The Kier molecular flexibility index (Phi) is 46.6. The average Bonchev–Trinajstić information content (AvgIpc) is 2.33. The SMILES string of the molecule is C=CC([CH2-])CCCCCCC.CO.CO.[Ti]. The van der Waals surface area contributed by atoms with Crippen molar-refractivity contribution in [3.05, 3.63) is 19.6 Å². The molecule has 3 heteroatoms. The molecule has 0 bridgehead atoms. The molecule has 0 radical (unpaired) electrons. The third-order valence-electron chi connectivity index (χ3n) is 2.01. The van der Waals surface area contributed by atoms with Crippen LogP contribution in [-0.2, 0) is 21.7 Å². The van der Waals surface area contributed by atoms with E-state index in [4.69, 9.17) is 10.2 Å². The summed E-state index contributed by atoms with van der Waals surface area (Å²) in [7, 11) is 2.00. The van der Waals surface area contributed by atoms with Crippen molar-refractivity contribution in [3.63, 3.8) is 0 Å². The Morgan fingerprint density at radius 3 is 1.88 bits per heavy atom. The van der Waals surface area contributed by atoms with Crippen molar-refractivity contribution in [2.45, 2.75) is 45.4 Å². The van der Waals surface area contributed by atoms with E-state index in [-0.39, 0.29) is 21.7 Å². The summed E-state index contributed by atoms with van der Waals surface area (Å²) in [5, 5.41) is 14.0. The summed E-state index contributed by atoms with van der Waals surface area (Å²) < 4.78 is 0. The van der Waals surface area contributed by atoms with Gasteiger partial charge in [-0.05, 0) is 0 Å². The number of unbranched alkanes of at least 4 members (excludes halogenated alkanes) is 4. The molecule has 0 spiro atoms. The van der Waals surface area contributed by atoms with Gasteiger partial charge in [0.1, 0.15) is 0 Å². The summed E-state index contributed by atoms with van der Waals surface area (Å²) >= 11 is 0. The Morgan fingerprint density at radius 2 is 1.50 bits per heavy atom. The summed E-state index contributed by atoms with van der Waals surface area (Å²) in [6, 6.07) is 0. The molecular formula is C13H29O2Ti-. The van der Waals surface area contributed by atoms with Gasteiger partial charge in [0.05, 0.1) is 0 Å². The number of rotatable bonds is 7. The van der Waals surface area contributed by atoms with Crippen molar-refractivity contribution in [3.8, 4) is 0 Å². The quantitative estimate of drug-likeness (QED) is 0.321. The molecule has 2 N–H and O–H groups in total. The minimum Gasteiger partial charge on any atom is -0.400 e. The largest absolute Gasteiger partial charge is 0.400 e. The molecular weight excluding hydrogens is 236 g/mol. The normalized spacial score (nSPS) is 9.62. The van der Waals surface area contributed by atoms with Gasteiger partial charge >= 0.3 is 0 Å². The average molecular weight is 265 g/mol. The fourth-order valence-electron chi connectivity index (χ4n) is 1.13. The van der Waals surface area contributed by atoms with Crippen molar-refractivity contribution in [2.75, 3.05) is 14.2 Å². The monoisotopic (exact) mass is 265 g/mol. The van der Waals surface area contributed by atoms with Gasteiger partial charge in [0, 0.05) is 35.9 Å². The van der Waals surface area contributed by atoms with Crippen LogP contribution < -0.4 is 0 Å². The number of allylic oxidation sites excluding steroid dienone is 1. The molecule has 1 unspecified atom stereocenters. The third-order valence-corrected chi connectivity index (χ3v) is 2.01. The van der Waals surface area contributed by atoms with Gasteiger partial charge in [-0.3, -0.25) is 0 Å². The Bertz CT molecular complexity index is 97.9. The van der Waals surface area contributed by atoms with Crippen molar-refractivity contribution in [1.82, 2.24) is 0 Å². The zero-order chi connectivity index (χ0) is 12.5. The maximum absolute atomic E-state index is 7.00. The molecule has 0 aromatic heterocycles. The van der Waals surface area contributed by atoms with Gasteiger partial charge in [-0.2, -0.15) is 5.92 Å². The summed E-state index contributed by atoms with van der Waals surface area (Å²) in [5.74, 6) is 0.469. The molecule has 0 aliphatic heterocycles. The first kappa shape index (κ1) is 25.3. The minimum absolute atomic E-state index is 0. The molecule has 1 atom stereocenters. The van der Waals surface area contributed by atoms with Crippen LogP contribution in [0.4, 0.5) is 0 Å². The molecule has 16 heavy (non-hydrogen) atoms. The van der Waals surface area contributed by atoms with Gasteiger partial charge in [-0.1, -0.05) is 45.4 Å². The van der Waals surface area contributed by atoms with Crippen LogP contribution in [0, 0.1) is 12.8 Å². The van der Waals surface area contributed by atoms with E-state index in [0.717, 1.165) is 14.2 Å². The van der Waals surface area contributed by atoms with E-state index < -0.39 is 0 Å². The first-order valence-corrected chi connectivity index (χ1v) is 5.66. The molecule has 2 nitrogen and oxygen atoms in total. The van der Waals surface area contributed by atoms with Crippen LogP contribution in [0.25, 0.3) is 0 Å². The van der Waals surface area contributed by atoms with Crippen LogP contribution in [0.2, 0.25) is 0 Å². The van der Waals surface area contributed by atoms with Crippen molar-refractivity contribution in [1.29, 1.82) is 0 Å². The van der Waals surface area contributed by atoms with Crippen LogP contribution in [0.3, 0.4) is 0 Å². The van der Waals surface area contributed by atoms with Crippen molar-refractivity contribution >= 4 is 0 Å². The Balaban J connectivity index is -0.000000129. The molecule has 0 aliphatic carbocycles. The fraction of sp³-hybridized carbons (Fsp3) is 0.769. The van der Waals surface area contributed by atoms with Crippen LogP contribution in [0.1, 0.15) is 45.4 Å². The van der Waals surface area contributed by atoms with Gasteiger partial charge < -0.3 is 17.1 Å². The number of hydrogen-bond acceptors (Lipinski definition) is 2. The molecule has 0 aromatic carbocycles. The maximum Gasteiger partial charge on any atom is 0.0319 e. The van der Waals surface area contributed by atoms with E-state index >= 15 is 0 Å². The predicted octanol–water partition coefficient (Wildman–Crippen LogP) is 3.20. The Morgan fingerprint density at radius 1 is 1.06 bits per heavy atom. The summed E-state index contributed by atoms with van der Waals surface area (Å²) in [6.07, 6.45) is 9.95. The van der Waals surface area contributed by atoms with Crippen molar-refractivity contribution < 1.29 is 31.9 Å². The zero-order valence-corrected chi connectivity index (χ0v) is 12.8. The van der Waals surface area contributed by atoms with Crippen LogP contribution in [0.5, 0.6) is 0 Å². The molecule has 0 amide bonds. The van der Waals surface area contributed by atoms with E-state index in [0.29, 0.717) is 5.92 Å². The molecule has 98 valence electrons. The van der Waals surface area contributed by atoms with E-state index in [2.05, 4.69) is 20.4 Å². The van der Waals surface area contributed by atoms with Crippen molar-refractivity contribution in [2.24, 2.45) is 5.92 Å².